The summed E-state index contributed by atoms with van der Waals surface area (Å²) >= 11 is 0. The van der Waals surface area contributed by atoms with Gasteiger partial charge in [-0.3, -0.25) is 9.59 Å². The molecule has 1 unspecified atom stereocenters. The molecular formula is C15H23N3O4. The second-order valence-corrected chi connectivity index (χ2v) is 5.94. The number of anilines is 1. The molecule has 1 fully saturated rings. The SMILES string of the molecule is CC(C)CC(=O)N(CC(=O)Nc1ccon1)CC1CCCO1. The number of nitrogens with one attached hydrogen (secondary N) is 1. The first-order chi connectivity index (χ1) is 10.5. The van der Waals surface area contributed by atoms with Crippen LogP contribution in [0.2, 0.25) is 0 Å². The number of carbonyl (C=O) groups is 2. The highest BCUT2D eigenvalue weighted by Gasteiger charge is 2.24. The first-order valence-electron chi connectivity index (χ1n) is 7.64. The van der Waals surface area contributed by atoms with Crippen LogP contribution in [0.3, 0.4) is 0 Å². The van der Waals surface area contributed by atoms with Crippen LogP contribution in [0.1, 0.15) is 33.1 Å². The van der Waals surface area contributed by atoms with E-state index in [0.29, 0.717) is 18.8 Å². The Hall–Kier alpha value is -1.89. The summed E-state index contributed by atoms with van der Waals surface area (Å²) in [7, 11) is 0. The number of ether oxygens (including phenoxy) is 1. The topological polar surface area (TPSA) is 84.7 Å². The summed E-state index contributed by atoms with van der Waals surface area (Å²) in [6.07, 6.45) is 3.75. The van der Waals surface area contributed by atoms with E-state index >= 15 is 0 Å². The maximum absolute atomic E-state index is 12.3. The number of amides is 2. The van der Waals surface area contributed by atoms with Crippen molar-refractivity contribution in [3.05, 3.63) is 12.3 Å². The number of hydrogen-bond donors (Lipinski definition) is 1. The van der Waals surface area contributed by atoms with Gasteiger partial charge < -0.3 is 19.5 Å². The summed E-state index contributed by atoms with van der Waals surface area (Å²) in [5, 5.41) is 6.23. The van der Waals surface area contributed by atoms with Crippen molar-refractivity contribution in [1.82, 2.24) is 10.1 Å². The molecule has 122 valence electrons. The van der Waals surface area contributed by atoms with Gasteiger partial charge in [0.15, 0.2) is 5.82 Å². The molecular weight excluding hydrogens is 286 g/mol. The summed E-state index contributed by atoms with van der Waals surface area (Å²) in [5.74, 6) is 0.279. The molecule has 1 saturated heterocycles. The van der Waals surface area contributed by atoms with Gasteiger partial charge >= 0.3 is 0 Å². The smallest absolute Gasteiger partial charge is 0.245 e. The quantitative estimate of drug-likeness (QED) is 0.828. The van der Waals surface area contributed by atoms with Gasteiger partial charge in [0, 0.05) is 25.6 Å². The Bertz CT molecular complexity index is 481. The molecule has 0 bridgehead atoms. The molecule has 2 amide bonds. The van der Waals surface area contributed by atoms with Crippen LogP contribution >= 0.6 is 0 Å². The monoisotopic (exact) mass is 309 g/mol. The molecule has 0 radical (unpaired) electrons. The van der Waals surface area contributed by atoms with Crippen LogP contribution in [0.4, 0.5) is 5.82 Å². The van der Waals surface area contributed by atoms with Crippen LogP contribution in [0.15, 0.2) is 16.9 Å². The first kappa shape index (κ1) is 16.5. The van der Waals surface area contributed by atoms with Gasteiger partial charge in [-0.1, -0.05) is 19.0 Å². The van der Waals surface area contributed by atoms with Crippen LogP contribution < -0.4 is 5.32 Å². The average Bonchev–Trinajstić information content (AvgIpc) is 3.10. The van der Waals surface area contributed by atoms with Crippen LogP contribution in [0.5, 0.6) is 0 Å². The largest absolute Gasteiger partial charge is 0.376 e. The Kier molecular flexibility index (Phi) is 5.94. The summed E-state index contributed by atoms with van der Waals surface area (Å²) in [5.41, 5.74) is 0. The Morgan fingerprint density at radius 2 is 2.32 bits per heavy atom. The van der Waals surface area contributed by atoms with Crippen LogP contribution in [0.25, 0.3) is 0 Å². The van der Waals surface area contributed by atoms with E-state index in [9.17, 15) is 9.59 Å². The number of aromatic nitrogens is 1. The fraction of sp³-hybridized carbons (Fsp3) is 0.667. The highest BCUT2D eigenvalue weighted by atomic mass is 16.5. The van der Waals surface area contributed by atoms with Crippen molar-refractivity contribution in [2.75, 3.05) is 25.0 Å². The third-order valence-corrected chi connectivity index (χ3v) is 3.42. The fourth-order valence-corrected chi connectivity index (χ4v) is 2.40. The van der Waals surface area contributed by atoms with Crippen LogP contribution in [-0.4, -0.2) is 47.7 Å². The highest BCUT2D eigenvalue weighted by Crippen LogP contribution is 2.15. The normalized spacial score (nSPS) is 17.7. The van der Waals surface area contributed by atoms with Crippen molar-refractivity contribution in [2.24, 2.45) is 5.92 Å². The number of nitrogens with zero attached hydrogens (tertiary/aromatic N) is 2. The van der Waals surface area contributed by atoms with Gasteiger partial charge in [-0.25, -0.2) is 0 Å². The summed E-state index contributed by atoms with van der Waals surface area (Å²) in [4.78, 5) is 26.0. The molecule has 2 rings (SSSR count). The zero-order valence-electron chi connectivity index (χ0n) is 13.1. The lowest BCUT2D eigenvalue weighted by Crippen LogP contribution is -2.42. The number of rotatable bonds is 7. The van der Waals surface area contributed by atoms with Gasteiger partial charge in [0.1, 0.15) is 6.26 Å². The van der Waals surface area contributed by atoms with Gasteiger partial charge in [0.05, 0.1) is 12.6 Å². The molecule has 22 heavy (non-hydrogen) atoms. The molecule has 0 spiro atoms. The van der Waals surface area contributed by atoms with Crippen LogP contribution in [0, 0.1) is 5.92 Å². The van der Waals surface area contributed by atoms with Crippen molar-refractivity contribution in [3.8, 4) is 0 Å². The molecule has 0 aliphatic carbocycles. The standard InChI is InChI=1S/C15H23N3O4/c1-11(2)8-15(20)18(9-12-4-3-6-21-12)10-14(19)16-13-5-7-22-17-13/h5,7,11-12H,3-4,6,8-10H2,1-2H3,(H,16,17,19). The molecule has 1 atom stereocenters. The molecule has 7 heteroatoms. The fourth-order valence-electron chi connectivity index (χ4n) is 2.40. The average molecular weight is 309 g/mol. The van der Waals surface area contributed by atoms with E-state index in [1.165, 1.54) is 6.26 Å². The summed E-state index contributed by atoms with van der Waals surface area (Å²) < 4.78 is 10.2. The van der Waals surface area contributed by atoms with E-state index in [-0.39, 0.29) is 30.4 Å². The van der Waals surface area contributed by atoms with Crippen LogP contribution in [-0.2, 0) is 14.3 Å². The Balaban J connectivity index is 1.92. The first-order valence-corrected chi connectivity index (χ1v) is 7.64. The predicted octanol–water partition coefficient (Wildman–Crippen LogP) is 1.67. The molecule has 1 aliphatic heterocycles. The molecule has 2 heterocycles. The van der Waals surface area contributed by atoms with Crippen molar-refractivity contribution in [2.45, 2.75) is 39.2 Å². The summed E-state index contributed by atoms with van der Waals surface area (Å²) in [6.45, 7) is 5.15. The maximum atomic E-state index is 12.3. The molecule has 1 aromatic rings. The molecule has 1 aromatic heterocycles. The zero-order valence-corrected chi connectivity index (χ0v) is 13.1. The van der Waals surface area contributed by atoms with Crippen molar-refractivity contribution >= 4 is 17.6 Å². The Morgan fingerprint density at radius 3 is 2.91 bits per heavy atom. The molecule has 0 aromatic carbocycles. The van der Waals surface area contributed by atoms with E-state index in [1.807, 2.05) is 13.8 Å². The minimum Gasteiger partial charge on any atom is -0.376 e. The van der Waals surface area contributed by atoms with E-state index in [1.54, 1.807) is 11.0 Å². The van der Waals surface area contributed by atoms with E-state index in [0.717, 1.165) is 19.4 Å². The van der Waals surface area contributed by atoms with Gasteiger partial charge in [0.2, 0.25) is 11.8 Å². The van der Waals surface area contributed by atoms with Gasteiger partial charge in [0.25, 0.3) is 0 Å². The lowest BCUT2D eigenvalue weighted by molar-refractivity contribution is -0.136. The zero-order chi connectivity index (χ0) is 15.9. The van der Waals surface area contributed by atoms with Crippen molar-refractivity contribution in [3.63, 3.8) is 0 Å². The maximum Gasteiger partial charge on any atom is 0.245 e. The number of hydrogen-bond acceptors (Lipinski definition) is 5. The predicted molar refractivity (Wildman–Crippen MR) is 80.1 cm³/mol. The van der Waals surface area contributed by atoms with Gasteiger partial charge in [-0.2, -0.15) is 0 Å². The van der Waals surface area contributed by atoms with Gasteiger partial charge in [-0.05, 0) is 18.8 Å². The van der Waals surface area contributed by atoms with Gasteiger partial charge in [-0.15, -0.1) is 0 Å². The third-order valence-electron chi connectivity index (χ3n) is 3.42. The highest BCUT2D eigenvalue weighted by molar-refractivity contribution is 5.93. The Labute approximate surface area is 130 Å². The molecule has 1 N–H and O–H groups in total. The summed E-state index contributed by atoms with van der Waals surface area (Å²) in [6, 6.07) is 1.55. The molecule has 1 aliphatic rings. The minimum absolute atomic E-state index is 0.00171. The lowest BCUT2D eigenvalue weighted by atomic mass is 10.1. The number of carbonyl (C=O) groups excluding carboxylic acids is 2. The third kappa shape index (κ3) is 5.14. The molecule has 0 saturated carbocycles. The second-order valence-electron chi connectivity index (χ2n) is 5.94. The van der Waals surface area contributed by atoms with E-state index in [4.69, 9.17) is 4.74 Å². The second kappa shape index (κ2) is 7.93. The van der Waals surface area contributed by atoms with Crippen molar-refractivity contribution < 1.29 is 18.8 Å². The van der Waals surface area contributed by atoms with E-state index < -0.39 is 0 Å². The minimum atomic E-state index is -0.288. The van der Waals surface area contributed by atoms with Crippen molar-refractivity contribution in [1.29, 1.82) is 0 Å². The lowest BCUT2D eigenvalue weighted by Gasteiger charge is -2.25. The van der Waals surface area contributed by atoms with E-state index in [2.05, 4.69) is 15.0 Å². The Morgan fingerprint density at radius 1 is 1.50 bits per heavy atom. The molecule has 7 nitrogen and oxygen atoms in total.